The summed E-state index contributed by atoms with van der Waals surface area (Å²) in [6.07, 6.45) is 6.09. The number of likely N-dealkylation sites (tertiary alicyclic amines) is 1. The van der Waals surface area contributed by atoms with Gasteiger partial charge in [0.1, 0.15) is 0 Å². The number of H-pyrrole nitrogens is 1. The highest BCUT2D eigenvalue weighted by molar-refractivity contribution is 7.15. The fraction of sp³-hybridized carbons (Fsp3) is 0.389. The Morgan fingerprint density at radius 2 is 2.40 bits per heavy atom. The standard InChI is InChI=1S/C18H21N5OS/c1-12(24)21-18-20-9-14(25-18)11-23-7-3-4-13(10-23)16-8-17-15(22-16)5-2-6-19-17/h2,5-6,8-9,13,22H,3-4,7,10-11H2,1H3,(H,20,21,24)/t13-/m0/s1. The molecule has 0 spiro atoms. The Morgan fingerprint density at radius 1 is 1.48 bits per heavy atom. The maximum Gasteiger partial charge on any atom is 0.223 e. The van der Waals surface area contributed by atoms with Gasteiger partial charge in [0.15, 0.2) is 5.13 Å². The number of fused-ring (bicyclic) bond motifs is 1. The van der Waals surface area contributed by atoms with Gasteiger partial charge in [0.2, 0.25) is 5.91 Å². The van der Waals surface area contributed by atoms with Crippen molar-refractivity contribution in [2.45, 2.75) is 32.2 Å². The highest BCUT2D eigenvalue weighted by Crippen LogP contribution is 2.30. The molecule has 1 aliphatic rings. The third kappa shape index (κ3) is 3.72. The Kier molecular flexibility index (Phi) is 4.50. The van der Waals surface area contributed by atoms with Crippen LogP contribution in [-0.2, 0) is 11.3 Å². The van der Waals surface area contributed by atoms with E-state index in [4.69, 9.17) is 0 Å². The summed E-state index contributed by atoms with van der Waals surface area (Å²) < 4.78 is 0. The number of aromatic nitrogens is 3. The van der Waals surface area contributed by atoms with Crippen molar-refractivity contribution in [1.29, 1.82) is 0 Å². The van der Waals surface area contributed by atoms with Crippen LogP contribution in [0.4, 0.5) is 5.13 Å². The smallest absolute Gasteiger partial charge is 0.223 e. The van der Waals surface area contributed by atoms with Crippen LogP contribution in [0.3, 0.4) is 0 Å². The zero-order valence-electron chi connectivity index (χ0n) is 14.2. The molecule has 1 aliphatic heterocycles. The summed E-state index contributed by atoms with van der Waals surface area (Å²) in [4.78, 5) is 27.0. The Labute approximate surface area is 150 Å². The van der Waals surface area contributed by atoms with Crippen LogP contribution >= 0.6 is 11.3 Å². The molecule has 0 bridgehead atoms. The zero-order chi connectivity index (χ0) is 17.2. The first-order valence-electron chi connectivity index (χ1n) is 8.55. The van der Waals surface area contributed by atoms with Gasteiger partial charge in [-0.1, -0.05) is 0 Å². The molecule has 0 aliphatic carbocycles. The van der Waals surface area contributed by atoms with Gasteiger partial charge < -0.3 is 10.3 Å². The number of rotatable bonds is 4. The van der Waals surface area contributed by atoms with Crippen molar-refractivity contribution in [3.05, 3.63) is 41.2 Å². The summed E-state index contributed by atoms with van der Waals surface area (Å²) in [5, 5.41) is 3.43. The van der Waals surface area contributed by atoms with Gasteiger partial charge in [-0.15, -0.1) is 11.3 Å². The number of aromatic amines is 1. The molecule has 2 N–H and O–H groups in total. The van der Waals surface area contributed by atoms with Crippen molar-refractivity contribution in [2.24, 2.45) is 0 Å². The molecule has 1 amide bonds. The first-order valence-corrected chi connectivity index (χ1v) is 9.37. The van der Waals surface area contributed by atoms with Gasteiger partial charge in [-0.2, -0.15) is 0 Å². The van der Waals surface area contributed by atoms with Gasteiger partial charge in [0, 0.05) is 48.9 Å². The Hall–Kier alpha value is -2.25. The van der Waals surface area contributed by atoms with E-state index in [2.05, 4.69) is 37.3 Å². The second-order valence-electron chi connectivity index (χ2n) is 6.55. The Bertz CT molecular complexity index is 853. The molecule has 4 rings (SSSR count). The van der Waals surface area contributed by atoms with Gasteiger partial charge in [-0.05, 0) is 37.6 Å². The number of thiazole rings is 1. The summed E-state index contributed by atoms with van der Waals surface area (Å²) in [5.74, 6) is 0.428. The van der Waals surface area contributed by atoms with Crippen molar-refractivity contribution in [3.63, 3.8) is 0 Å². The highest BCUT2D eigenvalue weighted by atomic mass is 32.1. The van der Waals surface area contributed by atoms with Crippen LogP contribution in [0.15, 0.2) is 30.6 Å². The number of carbonyl (C=O) groups excluding carboxylic acids is 1. The molecule has 1 saturated heterocycles. The Balaban J connectivity index is 1.43. The second kappa shape index (κ2) is 6.93. The number of amides is 1. The first-order chi connectivity index (χ1) is 12.2. The summed E-state index contributed by atoms with van der Waals surface area (Å²) >= 11 is 1.55. The summed E-state index contributed by atoms with van der Waals surface area (Å²) in [7, 11) is 0. The summed E-state index contributed by atoms with van der Waals surface area (Å²) in [6.45, 7) is 4.51. The van der Waals surface area contributed by atoms with E-state index in [1.807, 2.05) is 18.5 Å². The van der Waals surface area contributed by atoms with E-state index in [9.17, 15) is 4.79 Å². The van der Waals surface area contributed by atoms with Gasteiger partial charge in [0.25, 0.3) is 0 Å². The van der Waals surface area contributed by atoms with E-state index in [0.29, 0.717) is 11.0 Å². The van der Waals surface area contributed by atoms with Gasteiger partial charge in [-0.25, -0.2) is 4.98 Å². The number of hydrogen-bond donors (Lipinski definition) is 2. The molecule has 4 heterocycles. The fourth-order valence-corrected chi connectivity index (χ4v) is 4.36. The molecular weight excluding hydrogens is 334 g/mol. The number of nitrogens with zero attached hydrogens (tertiary/aromatic N) is 3. The van der Waals surface area contributed by atoms with Crippen LogP contribution in [0.5, 0.6) is 0 Å². The van der Waals surface area contributed by atoms with Crippen LogP contribution in [0, 0.1) is 0 Å². The molecule has 3 aromatic rings. The van der Waals surface area contributed by atoms with Crippen molar-refractivity contribution < 1.29 is 4.79 Å². The minimum Gasteiger partial charge on any atom is -0.357 e. The molecule has 3 aromatic heterocycles. The van der Waals surface area contributed by atoms with Crippen LogP contribution < -0.4 is 5.32 Å². The van der Waals surface area contributed by atoms with Crippen molar-refractivity contribution in [3.8, 4) is 0 Å². The molecule has 0 aromatic carbocycles. The van der Waals surface area contributed by atoms with E-state index in [1.54, 1.807) is 11.3 Å². The third-order valence-electron chi connectivity index (χ3n) is 4.57. The van der Waals surface area contributed by atoms with Crippen molar-refractivity contribution in [1.82, 2.24) is 19.9 Å². The van der Waals surface area contributed by atoms with Crippen LogP contribution in [-0.4, -0.2) is 38.8 Å². The van der Waals surface area contributed by atoms with Gasteiger partial charge in [0.05, 0.1) is 11.0 Å². The molecule has 7 heteroatoms. The molecule has 0 saturated carbocycles. The van der Waals surface area contributed by atoms with Crippen LogP contribution in [0.2, 0.25) is 0 Å². The van der Waals surface area contributed by atoms with E-state index in [-0.39, 0.29) is 5.91 Å². The maximum atomic E-state index is 11.1. The number of carbonyl (C=O) groups is 1. The predicted octanol–water partition coefficient (Wildman–Crippen LogP) is 3.36. The lowest BCUT2D eigenvalue weighted by Gasteiger charge is -2.31. The second-order valence-corrected chi connectivity index (χ2v) is 7.66. The van der Waals surface area contributed by atoms with E-state index in [1.165, 1.54) is 30.3 Å². The minimum absolute atomic E-state index is 0.0774. The number of hydrogen-bond acceptors (Lipinski definition) is 5. The Morgan fingerprint density at radius 3 is 3.24 bits per heavy atom. The number of anilines is 1. The topological polar surface area (TPSA) is 73.9 Å². The lowest BCUT2D eigenvalue weighted by molar-refractivity contribution is -0.114. The lowest BCUT2D eigenvalue weighted by Crippen LogP contribution is -2.33. The van der Waals surface area contributed by atoms with Crippen molar-refractivity contribution >= 4 is 33.4 Å². The largest absolute Gasteiger partial charge is 0.357 e. The maximum absolute atomic E-state index is 11.1. The molecule has 25 heavy (non-hydrogen) atoms. The van der Waals surface area contributed by atoms with E-state index >= 15 is 0 Å². The minimum atomic E-state index is -0.0774. The molecule has 0 unspecified atom stereocenters. The SMILES string of the molecule is CC(=O)Nc1ncc(CN2CCC[C@H](c3cc4ncccc4[nH]3)C2)s1. The third-order valence-corrected chi connectivity index (χ3v) is 5.47. The van der Waals surface area contributed by atoms with Gasteiger partial charge >= 0.3 is 0 Å². The number of pyridine rings is 1. The number of piperidine rings is 1. The highest BCUT2D eigenvalue weighted by Gasteiger charge is 2.23. The normalized spacial score (nSPS) is 18.5. The number of nitrogens with one attached hydrogen (secondary N) is 2. The molecule has 130 valence electrons. The van der Waals surface area contributed by atoms with Crippen LogP contribution in [0.25, 0.3) is 11.0 Å². The zero-order valence-corrected chi connectivity index (χ0v) is 15.0. The monoisotopic (exact) mass is 355 g/mol. The first kappa shape index (κ1) is 16.2. The van der Waals surface area contributed by atoms with Crippen LogP contribution in [0.1, 0.15) is 36.3 Å². The molecular formula is C18H21N5OS. The van der Waals surface area contributed by atoms with E-state index in [0.717, 1.165) is 30.7 Å². The average Bonchev–Trinajstić information content (AvgIpc) is 3.21. The molecule has 6 nitrogen and oxygen atoms in total. The van der Waals surface area contributed by atoms with E-state index < -0.39 is 0 Å². The van der Waals surface area contributed by atoms with Gasteiger partial charge in [-0.3, -0.25) is 14.7 Å². The molecule has 1 atom stereocenters. The summed E-state index contributed by atoms with van der Waals surface area (Å²) in [5.41, 5.74) is 3.43. The molecule has 1 fully saturated rings. The lowest BCUT2D eigenvalue weighted by atomic mass is 9.95. The summed E-state index contributed by atoms with van der Waals surface area (Å²) in [6, 6.07) is 6.23. The quantitative estimate of drug-likeness (QED) is 0.753. The van der Waals surface area contributed by atoms with Crippen molar-refractivity contribution in [2.75, 3.05) is 18.4 Å². The average molecular weight is 355 g/mol. The molecule has 0 radical (unpaired) electrons. The predicted molar refractivity (Wildman–Crippen MR) is 99.8 cm³/mol. The fourth-order valence-electron chi connectivity index (χ4n) is 3.46.